The summed E-state index contributed by atoms with van der Waals surface area (Å²) in [4.78, 5) is 7.93. The Morgan fingerprint density at radius 3 is 2.44 bits per heavy atom. The van der Waals surface area contributed by atoms with Crippen molar-refractivity contribution in [1.82, 2.24) is 0 Å². The lowest BCUT2D eigenvalue weighted by Gasteiger charge is -1.96. The summed E-state index contributed by atoms with van der Waals surface area (Å²) in [5, 5.41) is 0. The summed E-state index contributed by atoms with van der Waals surface area (Å²) in [7, 11) is -2.30. The van der Waals surface area contributed by atoms with E-state index in [2.05, 4.69) is 0 Å². The van der Waals surface area contributed by atoms with E-state index < -0.39 is 12.9 Å². The highest BCUT2D eigenvalue weighted by Crippen LogP contribution is 2.18. The van der Waals surface area contributed by atoms with Gasteiger partial charge in [0.1, 0.15) is 4.84 Å². The van der Waals surface area contributed by atoms with Gasteiger partial charge in [-0.1, -0.05) is 0 Å². The molecule has 0 amide bonds. The molecule has 1 atom stereocenters. The normalized spacial score (nSPS) is 14.2. The molecule has 0 aliphatic rings. The molecule has 56 valence electrons. The smallest absolute Gasteiger partial charge is 0.189 e. The minimum absolute atomic E-state index is 0.334. The van der Waals surface area contributed by atoms with Crippen LogP contribution in [0.15, 0.2) is 0 Å². The topological polar surface area (TPSA) is 37.3 Å². The third-order valence-corrected chi connectivity index (χ3v) is 2.03. The van der Waals surface area contributed by atoms with Crippen molar-refractivity contribution in [2.24, 2.45) is 0 Å². The average molecular weight is 191 g/mol. The molecule has 0 fully saturated rings. The summed E-state index contributed by atoms with van der Waals surface area (Å²) < 4.78 is 10.1. The molecule has 2 nitrogen and oxygen atoms in total. The van der Waals surface area contributed by atoms with E-state index in [0.29, 0.717) is 19.0 Å². The maximum absolute atomic E-state index is 10.1. The summed E-state index contributed by atoms with van der Waals surface area (Å²) in [5.41, 5.74) is 0. The van der Waals surface area contributed by atoms with Gasteiger partial charge >= 0.3 is 0 Å². The second kappa shape index (κ2) is 5.55. The molecule has 0 aliphatic heterocycles. The van der Waals surface area contributed by atoms with Gasteiger partial charge in [0.25, 0.3) is 0 Å². The standard InChI is InChI=1S/C4H9Cl2O2P/c5-4(6)2-1-3-9(7)8/h4,9H,1-3H2,(H,7,8). The minimum atomic E-state index is -2.30. The van der Waals surface area contributed by atoms with Gasteiger partial charge in [-0.05, 0) is 12.8 Å². The Kier molecular flexibility index (Phi) is 6.02. The highest BCUT2D eigenvalue weighted by Gasteiger charge is 1.99. The van der Waals surface area contributed by atoms with E-state index >= 15 is 0 Å². The van der Waals surface area contributed by atoms with Crippen LogP contribution in [0.4, 0.5) is 0 Å². The summed E-state index contributed by atoms with van der Waals surface area (Å²) in [5.74, 6) is 0. The van der Waals surface area contributed by atoms with E-state index in [4.69, 9.17) is 28.1 Å². The maximum Gasteiger partial charge on any atom is 0.189 e. The zero-order valence-corrected chi connectivity index (χ0v) is 7.32. The van der Waals surface area contributed by atoms with E-state index in [1.165, 1.54) is 0 Å². The van der Waals surface area contributed by atoms with E-state index in [9.17, 15) is 4.57 Å². The third kappa shape index (κ3) is 8.77. The lowest BCUT2D eigenvalue weighted by molar-refractivity contribution is 0.500. The van der Waals surface area contributed by atoms with Gasteiger partial charge in [-0.2, -0.15) is 0 Å². The van der Waals surface area contributed by atoms with Crippen molar-refractivity contribution in [1.29, 1.82) is 0 Å². The van der Waals surface area contributed by atoms with Crippen LogP contribution in [-0.4, -0.2) is 15.9 Å². The fraction of sp³-hybridized carbons (Fsp3) is 1.00. The van der Waals surface area contributed by atoms with Gasteiger partial charge in [0, 0.05) is 6.16 Å². The Labute approximate surface area is 65.0 Å². The Morgan fingerprint density at radius 1 is 1.56 bits per heavy atom. The Hall–Kier alpha value is 0.770. The largest absolute Gasteiger partial charge is 0.346 e. The molecular weight excluding hydrogens is 182 g/mol. The van der Waals surface area contributed by atoms with Gasteiger partial charge < -0.3 is 4.89 Å². The van der Waals surface area contributed by atoms with Crippen molar-refractivity contribution in [3.63, 3.8) is 0 Å². The fourth-order valence-electron chi connectivity index (χ4n) is 0.408. The van der Waals surface area contributed by atoms with Crippen LogP contribution in [0.1, 0.15) is 12.8 Å². The second-order valence-electron chi connectivity index (χ2n) is 1.68. The third-order valence-electron chi connectivity index (χ3n) is 0.813. The molecule has 5 heteroatoms. The molecule has 0 spiro atoms. The lowest BCUT2D eigenvalue weighted by atomic mass is 10.4. The molecule has 0 aromatic carbocycles. The second-order valence-corrected chi connectivity index (χ2v) is 4.24. The maximum atomic E-state index is 10.1. The predicted octanol–water partition coefficient (Wildman–Crippen LogP) is 2.04. The summed E-state index contributed by atoms with van der Waals surface area (Å²) in [6.07, 6.45) is 1.56. The molecule has 0 saturated heterocycles. The van der Waals surface area contributed by atoms with Gasteiger partial charge in [-0.3, -0.25) is 4.57 Å². The zero-order valence-electron chi connectivity index (χ0n) is 4.81. The number of hydrogen-bond donors (Lipinski definition) is 1. The van der Waals surface area contributed by atoms with Crippen molar-refractivity contribution in [3.05, 3.63) is 0 Å². The monoisotopic (exact) mass is 190 g/mol. The molecule has 0 rings (SSSR count). The summed E-state index contributed by atoms with van der Waals surface area (Å²) >= 11 is 10.7. The van der Waals surface area contributed by atoms with Crippen LogP contribution >= 0.6 is 31.2 Å². The number of alkyl halides is 2. The van der Waals surface area contributed by atoms with E-state index in [1.807, 2.05) is 0 Å². The van der Waals surface area contributed by atoms with E-state index in [1.54, 1.807) is 0 Å². The molecule has 0 heterocycles. The first-order chi connectivity index (χ1) is 4.13. The van der Waals surface area contributed by atoms with Gasteiger partial charge in [0.15, 0.2) is 8.03 Å². The van der Waals surface area contributed by atoms with Gasteiger partial charge in [0.2, 0.25) is 0 Å². The highest BCUT2D eigenvalue weighted by molar-refractivity contribution is 7.37. The molecule has 0 aliphatic carbocycles. The van der Waals surface area contributed by atoms with Crippen LogP contribution in [-0.2, 0) is 4.57 Å². The van der Waals surface area contributed by atoms with Crippen LogP contribution in [0.2, 0.25) is 0 Å². The number of halogens is 2. The summed E-state index contributed by atoms with van der Waals surface area (Å²) in [6, 6.07) is 0. The zero-order chi connectivity index (χ0) is 7.28. The van der Waals surface area contributed by atoms with Gasteiger partial charge in [0.05, 0.1) is 0 Å². The molecule has 1 N–H and O–H groups in total. The predicted molar refractivity (Wildman–Crippen MR) is 40.8 cm³/mol. The van der Waals surface area contributed by atoms with Crippen LogP contribution in [0.5, 0.6) is 0 Å². The van der Waals surface area contributed by atoms with E-state index in [-0.39, 0.29) is 0 Å². The van der Waals surface area contributed by atoms with Crippen molar-refractivity contribution in [2.75, 3.05) is 6.16 Å². The van der Waals surface area contributed by atoms with Crippen molar-refractivity contribution >= 4 is 31.2 Å². The first-order valence-electron chi connectivity index (χ1n) is 2.63. The molecule has 9 heavy (non-hydrogen) atoms. The molecular formula is C4H9Cl2O2P. The fourth-order valence-corrected chi connectivity index (χ4v) is 1.22. The first kappa shape index (κ1) is 9.77. The minimum Gasteiger partial charge on any atom is -0.346 e. The number of rotatable bonds is 4. The molecule has 0 saturated carbocycles. The number of hydrogen-bond acceptors (Lipinski definition) is 1. The molecule has 0 aromatic rings. The van der Waals surface area contributed by atoms with Crippen molar-refractivity contribution in [3.8, 4) is 0 Å². The van der Waals surface area contributed by atoms with Crippen molar-refractivity contribution in [2.45, 2.75) is 17.7 Å². The Bertz CT molecular complexity index is 96.6. The first-order valence-corrected chi connectivity index (χ1v) is 5.06. The Balaban J connectivity index is 3.01. The van der Waals surface area contributed by atoms with E-state index in [0.717, 1.165) is 0 Å². The van der Waals surface area contributed by atoms with Gasteiger partial charge in [-0.25, -0.2) is 0 Å². The molecule has 0 aromatic heterocycles. The molecule has 1 unspecified atom stereocenters. The molecule has 0 bridgehead atoms. The highest BCUT2D eigenvalue weighted by atomic mass is 35.5. The average Bonchev–Trinajstić information content (AvgIpc) is 1.63. The Morgan fingerprint density at radius 2 is 2.11 bits per heavy atom. The quantitative estimate of drug-likeness (QED) is 0.545. The van der Waals surface area contributed by atoms with Crippen LogP contribution in [0.3, 0.4) is 0 Å². The van der Waals surface area contributed by atoms with Crippen LogP contribution in [0, 0.1) is 0 Å². The summed E-state index contributed by atoms with van der Waals surface area (Å²) in [6.45, 7) is 0. The lowest BCUT2D eigenvalue weighted by Crippen LogP contribution is -1.87. The van der Waals surface area contributed by atoms with Crippen molar-refractivity contribution < 1.29 is 9.46 Å². The van der Waals surface area contributed by atoms with Gasteiger partial charge in [-0.15, -0.1) is 23.2 Å². The molecule has 0 radical (unpaired) electrons. The van der Waals surface area contributed by atoms with Crippen LogP contribution in [0.25, 0.3) is 0 Å². The van der Waals surface area contributed by atoms with Crippen LogP contribution < -0.4 is 0 Å². The SMILES string of the molecule is O=[PH](O)CCCC(Cl)Cl.